The molecule has 160 valence electrons. The maximum Gasteiger partial charge on any atom is 0.225 e. The summed E-state index contributed by atoms with van der Waals surface area (Å²) >= 11 is 0. The number of ether oxygens (including phenoxy) is 1. The summed E-state index contributed by atoms with van der Waals surface area (Å²) in [4.78, 5) is 18.4. The van der Waals surface area contributed by atoms with Gasteiger partial charge < -0.3 is 10.1 Å². The van der Waals surface area contributed by atoms with E-state index in [1.165, 1.54) is 22.3 Å². The van der Waals surface area contributed by atoms with E-state index in [0.717, 1.165) is 49.5 Å². The molecule has 1 aromatic carbocycles. The summed E-state index contributed by atoms with van der Waals surface area (Å²) in [5, 5.41) is 11.9. The monoisotopic (exact) mass is 416 g/mol. The molecule has 1 N–H and O–H groups in total. The van der Waals surface area contributed by atoms with Crippen molar-refractivity contribution in [1.82, 2.24) is 15.2 Å². The van der Waals surface area contributed by atoms with Crippen molar-refractivity contribution in [2.24, 2.45) is 5.92 Å². The Morgan fingerprint density at radius 3 is 2.84 bits per heavy atom. The molecule has 1 fully saturated rings. The molecule has 0 bridgehead atoms. The second kappa shape index (κ2) is 8.91. The van der Waals surface area contributed by atoms with Gasteiger partial charge in [-0.05, 0) is 67.2 Å². The number of hydrogen-bond donors (Lipinski definition) is 1. The summed E-state index contributed by atoms with van der Waals surface area (Å²) in [6, 6.07) is 10.3. The van der Waals surface area contributed by atoms with Crippen molar-refractivity contribution in [3.8, 4) is 11.8 Å². The predicted molar refractivity (Wildman–Crippen MR) is 119 cm³/mol. The van der Waals surface area contributed by atoms with Gasteiger partial charge in [0.1, 0.15) is 12.4 Å². The van der Waals surface area contributed by atoms with Crippen LogP contribution in [0, 0.1) is 24.2 Å². The number of carbonyl (C=O) groups is 1. The minimum atomic E-state index is 0.133. The molecule has 2 heterocycles. The number of pyridine rings is 1. The summed E-state index contributed by atoms with van der Waals surface area (Å²) in [5.41, 5.74) is 7.66. The number of aromatic nitrogens is 1. The lowest BCUT2D eigenvalue weighted by Gasteiger charge is -2.39. The Kier molecular flexibility index (Phi) is 6.06. The average Bonchev–Trinajstić information content (AvgIpc) is 2.76. The summed E-state index contributed by atoms with van der Waals surface area (Å²) < 4.78 is 5.96. The quantitative estimate of drug-likeness (QED) is 0.782. The van der Waals surface area contributed by atoms with Crippen molar-refractivity contribution < 1.29 is 9.53 Å². The van der Waals surface area contributed by atoms with Gasteiger partial charge in [0.25, 0.3) is 0 Å². The number of aryl methyl sites for hydroxylation is 2. The number of amides is 1. The maximum absolute atomic E-state index is 11.7. The lowest BCUT2D eigenvalue weighted by Crippen LogP contribution is -2.53. The third kappa shape index (κ3) is 4.47. The first kappa shape index (κ1) is 21.1. The Labute approximate surface area is 183 Å². The molecular formula is C25H28N4O2. The van der Waals surface area contributed by atoms with Crippen LogP contribution < -0.4 is 10.1 Å². The molecule has 2 aromatic rings. The SMILES string of the molecule is CNC(=O)C1CN(CC2=C(C)c3ccc(OCc4cc(C#N)c(C)cn4)cc3CC2)C1. The van der Waals surface area contributed by atoms with Crippen LogP contribution in [0.2, 0.25) is 0 Å². The number of nitrogens with zero attached hydrogens (tertiary/aromatic N) is 3. The van der Waals surface area contributed by atoms with Crippen molar-refractivity contribution in [2.75, 3.05) is 26.7 Å². The third-order valence-electron chi connectivity index (χ3n) is 6.36. The van der Waals surface area contributed by atoms with E-state index in [9.17, 15) is 10.1 Å². The zero-order valence-electron chi connectivity index (χ0n) is 18.4. The molecular weight excluding hydrogens is 388 g/mol. The number of nitrogens with one attached hydrogen (secondary N) is 1. The van der Waals surface area contributed by atoms with Crippen molar-refractivity contribution in [3.05, 3.63) is 64.0 Å². The normalized spacial score (nSPS) is 16.3. The number of likely N-dealkylation sites (tertiary alicyclic amines) is 1. The van der Waals surface area contributed by atoms with Crippen LogP contribution in [0.3, 0.4) is 0 Å². The minimum absolute atomic E-state index is 0.133. The fourth-order valence-electron chi connectivity index (χ4n) is 4.36. The predicted octanol–water partition coefficient (Wildman–Crippen LogP) is 3.24. The van der Waals surface area contributed by atoms with Gasteiger partial charge in [-0.25, -0.2) is 0 Å². The maximum atomic E-state index is 11.7. The van der Waals surface area contributed by atoms with Crippen LogP contribution in [0.25, 0.3) is 5.57 Å². The second-order valence-corrected chi connectivity index (χ2v) is 8.44. The molecule has 0 spiro atoms. The molecule has 31 heavy (non-hydrogen) atoms. The molecule has 0 atom stereocenters. The van der Waals surface area contributed by atoms with Gasteiger partial charge in [0, 0.05) is 32.9 Å². The van der Waals surface area contributed by atoms with Crippen LogP contribution in [0.4, 0.5) is 0 Å². The number of carbonyl (C=O) groups excluding carboxylic acids is 1. The van der Waals surface area contributed by atoms with E-state index < -0.39 is 0 Å². The first-order valence-electron chi connectivity index (χ1n) is 10.7. The van der Waals surface area contributed by atoms with Gasteiger partial charge in [-0.3, -0.25) is 14.7 Å². The van der Waals surface area contributed by atoms with E-state index in [1.807, 2.05) is 13.0 Å². The van der Waals surface area contributed by atoms with Crippen LogP contribution in [-0.4, -0.2) is 42.5 Å². The zero-order valence-corrected chi connectivity index (χ0v) is 18.4. The number of benzene rings is 1. The summed E-state index contributed by atoms with van der Waals surface area (Å²) in [6.45, 7) is 7.05. The first-order valence-corrected chi connectivity index (χ1v) is 10.7. The van der Waals surface area contributed by atoms with Gasteiger partial charge in [-0.2, -0.15) is 5.26 Å². The molecule has 4 rings (SSSR count). The van der Waals surface area contributed by atoms with Crippen LogP contribution >= 0.6 is 0 Å². The van der Waals surface area contributed by atoms with Crippen molar-refractivity contribution >= 4 is 11.5 Å². The van der Waals surface area contributed by atoms with E-state index >= 15 is 0 Å². The standard InChI is InChI=1S/C25H28N4O2/c1-16-11-28-22(8-20(16)10-26)15-31-23-6-7-24-17(2)19(5-4-18(24)9-23)12-29-13-21(14-29)25(30)27-3/h6-9,11,21H,4-5,12-15H2,1-3H3,(H,27,30). The van der Waals surface area contributed by atoms with Crippen LogP contribution in [0.1, 0.15) is 41.3 Å². The Hall–Kier alpha value is -3.17. The van der Waals surface area contributed by atoms with Crippen molar-refractivity contribution in [1.29, 1.82) is 5.26 Å². The van der Waals surface area contributed by atoms with Gasteiger partial charge in [0.2, 0.25) is 5.91 Å². The smallest absolute Gasteiger partial charge is 0.225 e. The molecule has 0 saturated carbocycles. The zero-order chi connectivity index (χ0) is 22.0. The highest BCUT2D eigenvalue weighted by Gasteiger charge is 2.32. The van der Waals surface area contributed by atoms with Crippen LogP contribution in [0.5, 0.6) is 5.75 Å². The Bertz CT molecular complexity index is 1080. The van der Waals surface area contributed by atoms with E-state index in [0.29, 0.717) is 12.2 Å². The lowest BCUT2D eigenvalue weighted by molar-refractivity contribution is -0.129. The van der Waals surface area contributed by atoms with Crippen LogP contribution in [0.15, 0.2) is 36.0 Å². The molecule has 0 unspecified atom stereocenters. The van der Waals surface area contributed by atoms with Gasteiger partial charge in [-0.15, -0.1) is 0 Å². The average molecular weight is 417 g/mol. The van der Waals surface area contributed by atoms with Gasteiger partial charge in [0.05, 0.1) is 23.2 Å². The van der Waals surface area contributed by atoms with E-state index in [1.54, 1.807) is 19.3 Å². The minimum Gasteiger partial charge on any atom is -0.487 e. The number of nitriles is 1. The number of rotatable bonds is 6. The number of fused-ring (bicyclic) bond motifs is 1. The highest BCUT2D eigenvalue weighted by molar-refractivity contribution is 5.79. The fraction of sp³-hybridized carbons (Fsp3) is 0.400. The van der Waals surface area contributed by atoms with Gasteiger partial charge >= 0.3 is 0 Å². The molecule has 1 aliphatic carbocycles. The summed E-state index contributed by atoms with van der Waals surface area (Å²) in [6.07, 6.45) is 3.75. The Morgan fingerprint density at radius 2 is 2.10 bits per heavy atom. The molecule has 6 nitrogen and oxygen atoms in total. The molecule has 2 aliphatic rings. The Morgan fingerprint density at radius 1 is 1.29 bits per heavy atom. The van der Waals surface area contributed by atoms with E-state index in [2.05, 4.69) is 40.3 Å². The van der Waals surface area contributed by atoms with E-state index in [-0.39, 0.29) is 11.8 Å². The topological polar surface area (TPSA) is 78.3 Å². The van der Waals surface area contributed by atoms with Gasteiger partial charge in [0.15, 0.2) is 0 Å². The molecule has 1 aliphatic heterocycles. The highest BCUT2D eigenvalue weighted by atomic mass is 16.5. The third-order valence-corrected chi connectivity index (χ3v) is 6.36. The fourth-order valence-corrected chi connectivity index (χ4v) is 4.36. The molecule has 0 radical (unpaired) electrons. The Balaban J connectivity index is 1.40. The van der Waals surface area contributed by atoms with Crippen LogP contribution in [-0.2, 0) is 17.8 Å². The van der Waals surface area contributed by atoms with E-state index in [4.69, 9.17) is 4.74 Å². The molecule has 6 heteroatoms. The van der Waals surface area contributed by atoms with Gasteiger partial charge in [-0.1, -0.05) is 11.6 Å². The molecule has 1 amide bonds. The number of allylic oxidation sites excluding steroid dienone is 1. The largest absolute Gasteiger partial charge is 0.487 e. The van der Waals surface area contributed by atoms with Crippen molar-refractivity contribution in [2.45, 2.75) is 33.3 Å². The van der Waals surface area contributed by atoms with Crippen molar-refractivity contribution in [3.63, 3.8) is 0 Å². The second-order valence-electron chi connectivity index (χ2n) is 8.44. The number of hydrogen-bond acceptors (Lipinski definition) is 5. The first-order chi connectivity index (χ1) is 15.0. The molecule has 1 aromatic heterocycles. The summed E-state index contributed by atoms with van der Waals surface area (Å²) in [5.74, 6) is 1.11. The lowest BCUT2D eigenvalue weighted by atomic mass is 9.85. The molecule has 1 saturated heterocycles. The highest BCUT2D eigenvalue weighted by Crippen LogP contribution is 2.34. The summed E-state index contributed by atoms with van der Waals surface area (Å²) in [7, 11) is 1.70.